The van der Waals surface area contributed by atoms with Crippen molar-refractivity contribution in [3.05, 3.63) is 53.7 Å². The Labute approximate surface area is 125 Å². The van der Waals surface area contributed by atoms with E-state index < -0.39 is 0 Å². The van der Waals surface area contributed by atoms with E-state index in [2.05, 4.69) is 15.3 Å². The lowest BCUT2D eigenvalue weighted by molar-refractivity contribution is 0.0790. The van der Waals surface area contributed by atoms with E-state index in [9.17, 15) is 4.79 Å². The minimum absolute atomic E-state index is 0.0848. The number of rotatable bonds is 2. The van der Waals surface area contributed by atoms with Crippen molar-refractivity contribution in [1.29, 1.82) is 0 Å². The van der Waals surface area contributed by atoms with Crippen LogP contribution in [-0.2, 0) is 0 Å². The zero-order valence-electron chi connectivity index (χ0n) is 11.3. The van der Waals surface area contributed by atoms with Gasteiger partial charge in [0.05, 0.1) is 5.69 Å². The number of hydrogen-bond donors (Lipinski definition) is 0. The fourth-order valence-corrected chi connectivity index (χ4v) is 3.77. The number of likely N-dealkylation sites (tertiary alicyclic amines) is 1. The summed E-state index contributed by atoms with van der Waals surface area (Å²) in [6, 6.07) is 3.54. The lowest BCUT2D eigenvalue weighted by Crippen LogP contribution is -2.28. The van der Waals surface area contributed by atoms with Gasteiger partial charge in [0.15, 0.2) is 0 Å². The first-order valence-electron chi connectivity index (χ1n) is 6.92. The van der Waals surface area contributed by atoms with Gasteiger partial charge in [-0.1, -0.05) is 0 Å². The summed E-state index contributed by atoms with van der Waals surface area (Å²) in [7, 11) is 0. The molecule has 6 heteroatoms. The number of carbonyl (C=O) groups is 1. The van der Waals surface area contributed by atoms with Gasteiger partial charge in [-0.15, -0.1) is 11.3 Å². The third-order valence-corrected chi connectivity index (χ3v) is 4.87. The standard InChI is InChI=1S/C15H14N4OS/c20-14(11-1-4-16-5-2-11)18-6-3-12(9-18)13-15-19(10-17-13)7-8-21-15/h1-2,4-5,7-8,10,12H,3,6,9H2/t12-/m1/s1. The van der Waals surface area contributed by atoms with Crippen LogP contribution in [0.2, 0.25) is 0 Å². The van der Waals surface area contributed by atoms with Crippen LogP contribution in [0.5, 0.6) is 0 Å². The van der Waals surface area contributed by atoms with E-state index in [0.717, 1.165) is 25.2 Å². The van der Waals surface area contributed by atoms with E-state index in [1.165, 1.54) is 4.83 Å². The van der Waals surface area contributed by atoms with Gasteiger partial charge in [0.1, 0.15) is 11.2 Å². The van der Waals surface area contributed by atoms with Gasteiger partial charge >= 0.3 is 0 Å². The minimum Gasteiger partial charge on any atom is -0.338 e. The number of imidazole rings is 1. The van der Waals surface area contributed by atoms with Crippen molar-refractivity contribution < 1.29 is 4.79 Å². The van der Waals surface area contributed by atoms with Gasteiger partial charge in [-0.25, -0.2) is 4.98 Å². The number of fused-ring (bicyclic) bond motifs is 1. The molecule has 0 spiro atoms. The molecule has 0 bridgehead atoms. The van der Waals surface area contributed by atoms with Crippen LogP contribution >= 0.6 is 11.3 Å². The summed E-state index contributed by atoms with van der Waals surface area (Å²) in [5.74, 6) is 0.418. The topological polar surface area (TPSA) is 50.5 Å². The number of thiazole rings is 1. The summed E-state index contributed by atoms with van der Waals surface area (Å²) in [5, 5.41) is 2.06. The van der Waals surface area contributed by atoms with Crippen molar-refractivity contribution in [2.45, 2.75) is 12.3 Å². The van der Waals surface area contributed by atoms with Crippen molar-refractivity contribution in [2.75, 3.05) is 13.1 Å². The van der Waals surface area contributed by atoms with Crippen LogP contribution in [-0.4, -0.2) is 38.3 Å². The second kappa shape index (κ2) is 4.96. The Morgan fingerprint density at radius 3 is 3.05 bits per heavy atom. The summed E-state index contributed by atoms with van der Waals surface area (Å²) in [4.78, 5) is 24.0. The highest BCUT2D eigenvalue weighted by Crippen LogP contribution is 2.31. The summed E-state index contributed by atoms with van der Waals surface area (Å²) in [5.41, 5.74) is 1.83. The summed E-state index contributed by atoms with van der Waals surface area (Å²) in [6.45, 7) is 1.53. The predicted octanol–water partition coefficient (Wildman–Crippen LogP) is 2.42. The quantitative estimate of drug-likeness (QED) is 0.730. The summed E-state index contributed by atoms with van der Waals surface area (Å²) < 4.78 is 2.05. The van der Waals surface area contributed by atoms with Crippen LogP contribution in [0.1, 0.15) is 28.4 Å². The Bertz CT molecular complexity index is 779. The molecule has 0 N–H and O–H groups in total. The molecule has 4 heterocycles. The Morgan fingerprint density at radius 2 is 2.19 bits per heavy atom. The molecule has 0 saturated carbocycles. The fraction of sp³-hybridized carbons (Fsp3) is 0.267. The zero-order valence-corrected chi connectivity index (χ0v) is 12.2. The van der Waals surface area contributed by atoms with E-state index in [-0.39, 0.29) is 5.91 Å². The smallest absolute Gasteiger partial charge is 0.253 e. The highest BCUT2D eigenvalue weighted by molar-refractivity contribution is 7.15. The molecule has 1 saturated heterocycles. The largest absolute Gasteiger partial charge is 0.338 e. The van der Waals surface area contributed by atoms with Gasteiger partial charge in [-0.05, 0) is 18.6 Å². The van der Waals surface area contributed by atoms with Gasteiger partial charge in [-0.2, -0.15) is 0 Å². The monoisotopic (exact) mass is 298 g/mol. The zero-order chi connectivity index (χ0) is 14.2. The Balaban J connectivity index is 1.55. The van der Waals surface area contributed by atoms with E-state index in [1.54, 1.807) is 35.9 Å². The fourth-order valence-electron chi connectivity index (χ4n) is 2.88. The SMILES string of the molecule is O=C(c1ccncc1)N1CC[C@@H](c2ncn3ccsc23)C1. The van der Waals surface area contributed by atoms with Crippen molar-refractivity contribution in [1.82, 2.24) is 19.3 Å². The highest BCUT2D eigenvalue weighted by atomic mass is 32.1. The van der Waals surface area contributed by atoms with Crippen LogP contribution in [0, 0.1) is 0 Å². The van der Waals surface area contributed by atoms with Crippen molar-refractivity contribution >= 4 is 22.1 Å². The van der Waals surface area contributed by atoms with Gasteiger partial charge in [0, 0.05) is 48.5 Å². The third-order valence-electron chi connectivity index (χ3n) is 3.97. The molecule has 5 nitrogen and oxygen atoms in total. The second-order valence-electron chi connectivity index (χ2n) is 5.22. The lowest BCUT2D eigenvalue weighted by Gasteiger charge is -2.16. The molecule has 4 rings (SSSR count). The molecular formula is C15H14N4OS. The molecule has 0 unspecified atom stereocenters. The molecule has 0 radical (unpaired) electrons. The highest BCUT2D eigenvalue weighted by Gasteiger charge is 2.30. The van der Waals surface area contributed by atoms with Gasteiger partial charge in [0.2, 0.25) is 0 Å². The molecule has 0 aliphatic carbocycles. The van der Waals surface area contributed by atoms with Crippen LogP contribution in [0.3, 0.4) is 0 Å². The van der Waals surface area contributed by atoms with E-state index in [4.69, 9.17) is 0 Å². The maximum Gasteiger partial charge on any atom is 0.253 e. The molecule has 3 aromatic heterocycles. The van der Waals surface area contributed by atoms with E-state index in [1.807, 2.05) is 21.8 Å². The average molecular weight is 298 g/mol. The second-order valence-corrected chi connectivity index (χ2v) is 6.11. The van der Waals surface area contributed by atoms with Crippen LogP contribution in [0.4, 0.5) is 0 Å². The van der Waals surface area contributed by atoms with E-state index >= 15 is 0 Å². The molecule has 0 aromatic carbocycles. The molecule has 3 aromatic rings. The maximum absolute atomic E-state index is 12.5. The van der Waals surface area contributed by atoms with Crippen molar-refractivity contribution in [3.63, 3.8) is 0 Å². The molecule has 106 valence electrons. The molecule has 1 atom stereocenters. The minimum atomic E-state index is 0.0848. The average Bonchev–Trinajstić information content (AvgIpc) is 3.23. The van der Waals surface area contributed by atoms with Gasteiger partial charge in [0.25, 0.3) is 5.91 Å². The van der Waals surface area contributed by atoms with Crippen LogP contribution < -0.4 is 0 Å². The maximum atomic E-state index is 12.5. The van der Waals surface area contributed by atoms with Crippen LogP contribution in [0.25, 0.3) is 4.83 Å². The van der Waals surface area contributed by atoms with Crippen LogP contribution in [0.15, 0.2) is 42.4 Å². The number of hydrogen-bond acceptors (Lipinski definition) is 4. The number of pyridine rings is 1. The number of nitrogens with zero attached hydrogens (tertiary/aromatic N) is 4. The molecule has 1 aliphatic rings. The Hall–Kier alpha value is -2.21. The first-order valence-corrected chi connectivity index (χ1v) is 7.80. The number of amides is 1. The number of carbonyl (C=O) groups excluding carboxylic acids is 1. The molecule has 21 heavy (non-hydrogen) atoms. The van der Waals surface area contributed by atoms with Crippen molar-refractivity contribution in [2.24, 2.45) is 0 Å². The molecule has 1 fully saturated rings. The van der Waals surface area contributed by atoms with E-state index in [0.29, 0.717) is 11.5 Å². The third kappa shape index (κ3) is 2.12. The first kappa shape index (κ1) is 12.5. The molecule has 1 aliphatic heterocycles. The van der Waals surface area contributed by atoms with Gasteiger partial charge in [-0.3, -0.25) is 14.2 Å². The summed E-state index contributed by atoms with van der Waals surface area (Å²) in [6.07, 6.45) is 8.16. The lowest BCUT2D eigenvalue weighted by atomic mass is 10.1. The molecule has 1 amide bonds. The Kier molecular flexibility index (Phi) is 2.96. The first-order chi connectivity index (χ1) is 10.3. The molecular weight excluding hydrogens is 284 g/mol. The predicted molar refractivity (Wildman–Crippen MR) is 80.6 cm³/mol. The number of aromatic nitrogens is 3. The Morgan fingerprint density at radius 1 is 1.33 bits per heavy atom. The van der Waals surface area contributed by atoms with Crippen molar-refractivity contribution in [3.8, 4) is 0 Å². The normalized spacial score (nSPS) is 18.5. The summed E-state index contributed by atoms with van der Waals surface area (Å²) >= 11 is 1.70. The van der Waals surface area contributed by atoms with Gasteiger partial charge < -0.3 is 4.90 Å².